The molecule has 0 fully saturated rings. The molecule has 0 amide bonds. The SMILES string of the molecule is N#Cc1cc(O)cc(CCl)c1CC(=O)O. The monoisotopic (exact) mass is 225 g/mol. The zero-order valence-corrected chi connectivity index (χ0v) is 8.45. The van der Waals surface area contributed by atoms with Crippen LogP contribution in [0.2, 0.25) is 0 Å². The summed E-state index contributed by atoms with van der Waals surface area (Å²) in [5, 5.41) is 26.7. The molecule has 15 heavy (non-hydrogen) atoms. The predicted molar refractivity (Wildman–Crippen MR) is 53.7 cm³/mol. The lowest BCUT2D eigenvalue weighted by atomic mass is 9.99. The lowest BCUT2D eigenvalue weighted by Crippen LogP contribution is -2.05. The van der Waals surface area contributed by atoms with Gasteiger partial charge in [-0.3, -0.25) is 4.79 Å². The lowest BCUT2D eigenvalue weighted by Gasteiger charge is -2.07. The Morgan fingerprint density at radius 1 is 1.53 bits per heavy atom. The first-order valence-corrected chi connectivity index (χ1v) is 4.64. The van der Waals surface area contributed by atoms with Crippen LogP contribution in [0.4, 0.5) is 0 Å². The van der Waals surface area contributed by atoms with Crippen molar-refractivity contribution in [3.8, 4) is 11.8 Å². The summed E-state index contributed by atoms with van der Waals surface area (Å²) in [6, 6.07) is 4.43. The Morgan fingerprint density at radius 3 is 2.67 bits per heavy atom. The van der Waals surface area contributed by atoms with E-state index in [0.717, 1.165) is 0 Å². The molecule has 0 saturated carbocycles. The van der Waals surface area contributed by atoms with Gasteiger partial charge in [-0.25, -0.2) is 0 Å². The van der Waals surface area contributed by atoms with Gasteiger partial charge in [-0.05, 0) is 23.3 Å². The molecule has 0 atom stereocenters. The summed E-state index contributed by atoms with van der Waals surface area (Å²) >= 11 is 5.60. The standard InChI is InChI=1S/C10H8ClNO3/c11-4-6-1-8(13)2-7(5-12)9(6)3-10(14)15/h1-2,13H,3-4H2,(H,14,15). The number of nitriles is 1. The van der Waals surface area contributed by atoms with Gasteiger partial charge in [-0.2, -0.15) is 5.26 Å². The second-order valence-electron chi connectivity index (χ2n) is 2.95. The van der Waals surface area contributed by atoms with Crippen LogP contribution in [0.5, 0.6) is 5.75 Å². The first-order chi connectivity index (χ1) is 7.08. The van der Waals surface area contributed by atoms with E-state index in [1.54, 1.807) is 0 Å². The molecule has 0 radical (unpaired) electrons. The van der Waals surface area contributed by atoms with Gasteiger partial charge in [0.2, 0.25) is 0 Å². The average Bonchev–Trinajstić information content (AvgIpc) is 2.19. The molecule has 1 rings (SSSR count). The number of phenols is 1. The highest BCUT2D eigenvalue weighted by Crippen LogP contribution is 2.23. The minimum absolute atomic E-state index is 0.0612. The van der Waals surface area contributed by atoms with Crippen molar-refractivity contribution < 1.29 is 15.0 Å². The number of aromatic hydroxyl groups is 1. The number of nitrogens with zero attached hydrogens (tertiary/aromatic N) is 1. The average molecular weight is 226 g/mol. The first kappa shape index (κ1) is 11.3. The quantitative estimate of drug-likeness (QED) is 0.766. The number of phenolic OH excluding ortho intramolecular Hbond substituents is 1. The summed E-state index contributed by atoms with van der Waals surface area (Å²) in [7, 11) is 0. The van der Waals surface area contributed by atoms with E-state index in [2.05, 4.69) is 0 Å². The van der Waals surface area contributed by atoms with Gasteiger partial charge in [0.15, 0.2) is 0 Å². The van der Waals surface area contributed by atoms with Crippen LogP contribution in [-0.4, -0.2) is 16.2 Å². The number of carbonyl (C=O) groups is 1. The summed E-state index contributed by atoms with van der Waals surface area (Å²) in [6.07, 6.45) is -0.273. The van der Waals surface area contributed by atoms with Crippen LogP contribution >= 0.6 is 11.6 Å². The summed E-state index contributed by atoms with van der Waals surface area (Å²) < 4.78 is 0. The maximum absolute atomic E-state index is 10.6. The van der Waals surface area contributed by atoms with Gasteiger partial charge in [0.1, 0.15) is 5.75 Å². The van der Waals surface area contributed by atoms with Crippen LogP contribution in [0.25, 0.3) is 0 Å². The topological polar surface area (TPSA) is 81.3 Å². The third kappa shape index (κ3) is 2.61. The fraction of sp³-hybridized carbons (Fsp3) is 0.200. The van der Waals surface area contributed by atoms with E-state index in [9.17, 15) is 9.90 Å². The molecule has 0 aliphatic heterocycles. The Kier molecular flexibility index (Phi) is 3.53. The number of rotatable bonds is 3. The summed E-state index contributed by atoms with van der Waals surface area (Å²) in [6.45, 7) is 0. The van der Waals surface area contributed by atoms with Crippen LogP contribution in [0.1, 0.15) is 16.7 Å². The molecule has 78 valence electrons. The van der Waals surface area contributed by atoms with E-state index in [4.69, 9.17) is 22.0 Å². The number of alkyl halides is 1. The Balaban J connectivity index is 3.31. The minimum atomic E-state index is -1.04. The number of carboxylic acids is 1. The number of halogens is 1. The van der Waals surface area contributed by atoms with Crippen LogP contribution in [0, 0.1) is 11.3 Å². The van der Waals surface area contributed by atoms with Crippen molar-refractivity contribution in [3.63, 3.8) is 0 Å². The van der Waals surface area contributed by atoms with Crippen LogP contribution < -0.4 is 0 Å². The van der Waals surface area contributed by atoms with Gasteiger partial charge in [0, 0.05) is 5.88 Å². The fourth-order valence-corrected chi connectivity index (χ4v) is 1.53. The second-order valence-corrected chi connectivity index (χ2v) is 3.21. The summed E-state index contributed by atoms with van der Waals surface area (Å²) in [4.78, 5) is 10.6. The Bertz CT molecular complexity index is 437. The molecule has 2 N–H and O–H groups in total. The maximum Gasteiger partial charge on any atom is 0.307 e. The molecule has 0 aliphatic rings. The highest BCUT2D eigenvalue weighted by Gasteiger charge is 2.13. The first-order valence-electron chi connectivity index (χ1n) is 4.11. The third-order valence-electron chi connectivity index (χ3n) is 1.92. The molecule has 5 heteroatoms. The molecule has 0 aliphatic carbocycles. The van der Waals surface area contributed by atoms with Crippen LogP contribution in [-0.2, 0) is 17.1 Å². The smallest absolute Gasteiger partial charge is 0.307 e. The maximum atomic E-state index is 10.6. The van der Waals surface area contributed by atoms with Gasteiger partial charge in [0.05, 0.1) is 18.1 Å². The highest BCUT2D eigenvalue weighted by atomic mass is 35.5. The van der Waals surface area contributed by atoms with Crippen molar-refractivity contribution in [3.05, 3.63) is 28.8 Å². The number of hydrogen-bond donors (Lipinski definition) is 2. The van der Waals surface area contributed by atoms with E-state index in [-0.39, 0.29) is 23.6 Å². The minimum Gasteiger partial charge on any atom is -0.508 e. The van der Waals surface area contributed by atoms with E-state index in [0.29, 0.717) is 11.1 Å². The molecule has 1 aromatic rings. The number of benzene rings is 1. The van der Waals surface area contributed by atoms with E-state index in [1.807, 2.05) is 6.07 Å². The number of aliphatic carboxylic acids is 1. The normalized spacial score (nSPS) is 9.60. The molecule has 0 bridgehead atoms. The van der Waals surface area contributed by atoms with Crippen molar-refractivity contribution in [1.82, 2.24) is 0 Å². The third-order valence-corrected chi connectivity index (χ3v) is 2.21. The highest BCUT2D eigenvalue weighted by molar-refractivity contribution is 6.17. The molecule has 0 aromatic heterocycles. The zero-order chi connectivity index (χ0) is 11.4. The molecule has 1 aromatic carbocycles. The molecule has 0 spiro atoms. The molecule has 0 heterocycles. The fourth-order valence-electron chi connectivity index (χ4n) is 1.29. The molecule has 0 saturated heterocycles. The van der Waals surface area contributed by atoms with Crippen LogP contribution in [0.15, 0.2) is 12.1 Å². The Morgan fingerprint density at radius 2 is 2.20 bits per heavy atom. The van der Waals surface area contributed by atoms with Gasteiger partial charge < -0.3 is 10.2 Å². The van der Waals surface area contributed by atoms with Crippen LogP contribution in [0.3, 0.4) is 0 Å². The number of carboxylic acid groups (broad SMARTS) is 1. The van der Waals surface area contributed by atoms with Crippen molar-refractivity contribution >= 4 is 17.6 Å². The molecule has 0 unspecified atom stereocenters. The van der Waals surface area contributed by atoms with Crippen molar-refractivity contribution in [2.45, 2.75) is 12.3 Å². The largest absolute Gasteiger partial charge is 0.508 e. The predicted octanol–water partition coefficient (Wildman–Crippen LogP) is 1.63. The van der Waals surface area contributed by atoms with Gasteiger partial charge in [0.25, 0.3) is 0 Å². The molecular formula is C10H8ClNO3. The van der Waals surface area contributed by atoms with Gasteiger partial charge in [-0.15, -0.1) is 11.6 Å². The Labute approximate surface area is 91.3 Å². The Hall–Kier alpha value is -1.73. The molecular weight excluding hydrogens is 218 g/mol. The van der Waals surface area contributed by atoms with E-state index >= 15 is 0 Å². The zero-order valence-electron chi connectivity index (χ0n) is 7.70. The van der Waals surface area contributed by atoms with Crippen molar-refractivity contribution in [2.75, 3.05) is 0 Å². The lowest BCUT2D eigenvalue weighted by molar-refractivity contribution is -0.136. The van der Waals surface area contributed by atoms with E-state index in [1.165, 1.54) is 12.1 Å². The van der Waals surface area contributed by atoms with E-state index < -0.39 is 5.97 Å². The van der Waals surface area contributed by atoms with Gasteiger partial charge >= 0.3 is 5.97 Å². The number of hydrogen-bond acceptors (Lipinski definition) is 3. The second kappa shape index (κ2) is 4.67. The summed E-state index contributed by atoms with van der Waals surface area (Å²) in [5.74, 6) is -1.06. The van der Waals surface area contributed by atoms with Gasteiger partial charge in [-0.1, -0.05) is 0 Å². The van der Waals surface area contributed by atoms with Crippen molar-refractivity contribution in [1.29, 1.82) is 5.26 Å². The van der Waals surface area contributed by atoms with Crippen molar-refractivity contribution in [2.24, 2.45) is 0 Å². The molecule has 4 nitrogen and oxygen atoms in total. The summed E-state index contributed by atoms with van der Waals surface area (Å²) in [5.41, 5.74) is 0.974.